The largest absolute Gasteiger partial charge is 0.487 e. The van der Waals surface area contributed by atoms with E-state index in [4.69, 9.17) is 66.3 Å². The average molecular weight is 919 g/mol. The van der Waals surface area contributed by atoms with Gasteiger partial charge in [0.05, 0.1) is 159 Å². The molecule has 0 amide bonds. The molecule has 0 fully saturated rings. The Labute approximate surface area is 390 Å². The summed E-state index contributed by atoms with van der Waals surface area (Å²) in [6, 6.07) is 36.9. The summed E-state index contributed by atoms with van der Waals surface area (Å²) in [6.45, 7) is 12.8. The standard InChI is InChI=1S/C52H70O14/c1-3-9-49-41-45(13-15-47(49)7-1)43-63-35-33-59-27-25-55-19-17-53-21-23-57-29-31-61-37-39-65-51-11-5-6-12-52(51)66-40-38-62-32-30-58-24-22-54-18-20-56-26-28-60-34-36-64-44-46-14-16-48-8-2-4-10-50(48)42-46/h1-16,41-42H,17-40,43-44H2. The Morgan fingerprint density at radius 2 is 0.455 bits per heavy atom. The zero-order chi connectivity index (χ0) is 45.6. The van der Waals surface area contributed by atoms with E-state index in [0.717, 1.165) is 11.1 Å². The Morgan fingerprint density at radius 3 is 0.758 bits per heavy atom. The van der Waals surface area contributed by atoms with Crippen LogP contribution >= 0.6 is 0 Å². The van der Waals surface area contributed by atoms with E-state index in [2.05, 4.69) is 60.7 Å². The Bertz CT molecular complexity index is 1810. The Kier molecular flexibility index (Phi) is 28.6. The molecule has 0 N–H and O–H groups in total. The summed E-state index contributed by atoms with van der Waals surface area (Å²) >= 11 is 0. The third kappa shape index (κ3) is 24.0. The smallest absolute Gasteiger partial charge is 0.161 e. The first-order valence-electron chi connectivity index (χ1n) is 23.1. The lowest BCUT2D eigenvalue weighted by molar-refractivity contribution is -0.0189. The zero-order valence-corrected chi connectivity index (χ0v) is 38.5. The van der Waals surface area contributed by atoms with Crippen LogP contribution in [0.4, 0.5) is 0 Å². The second kappa shape index (κ2) is 35.9. The quantitative estimate of drug-likeness (QED) is 0.0362. The molecule has 5 aromatic carbocycles. The van der Waals surface area contributed by atoms with Gasteiger partial charge in [-0.3, -0.25) is 0 Å². The van der Waals surface area contributed by atoms with Crippen LogP contribution in [0, 0.1) is 0 Å². The number of fused-ring (bicyclic) bond motifs is 2. The fourth-order valence-corrected chi connectivity index (χ4v) is 6.35. The van der Waals surface area contributed by atoms with Gasteiger partial charge in [0.15, 0.2) is 11.5 Å². The van der Waals surface area contributed by atoms with Gasteiger partial charge in [-0.1, -0.05) is 84.9 Å². The Hall–Kier alpha value is -4.26. The molecule has 14 nitrogen and oxygen atoms in total. The molecule has 0 saturated heterocycles. The summed E-state index contributed by atoms with van der Waals surface area (Å²) in [5.74, 6) is 1.31. The molecule has 0 spiro atoms. The molecule has 0 aliphatic carbocycles. The van der Waals surface area contributed by atoms with E-state index in [9.17, 15) is 0 Å². The minimum absolute atomic E-state index is 0.388. The third-order valence-electron chi connectivity index (χ3n) is 9.70. The van der Waals surface area contributed by atoms with Crippen molar-refractivity contribution in [3.8, 4) is 11.5 Å². The van der Waals surface area contributed by atoms with Crippen molar-refractivity contribution in [2.24, 2.45) is 0 Å². The number of hydrogen-bond acceptors (Lipinski definition) is 14. The fourth-order valence-electron chi connectivity index (χ4n) is 6.35. The van der Waals surface area contributed by atoms with Gasteiger partial charge >= 0.3 is 0 Å². The molecule has 0 saturated carbocycles. The molecule has 0 aliphatic heterocycles. The van der Waals surface area contributed by atoms with E-state index in [1.807, 2.05) is 48.5 Å². The lowest BCUT2D eigenvalue weighted by atomic mass is 10.1. The molecule has 0 atom stereocenters. The lowest BCUT2D eigenvalue weighted by Crippen LogP contribution is -2.15. The average Bonchev–Trinajstić information content (AvgIpc) is 3.35. The van der Waals surface area contributed by atoms with Gasteiger partial charge in [0.2, 0.25) is 0 Å². The van der Waals surface area contributed by atoms with E-state index in [1.165, 1.54) is 21.5 Å². The predicted molar refractivity (Wildman–Crippen MR) is 253 cm³/mol. The van der Waals surface area contributed by atoms with Crippen LogP contribution in [-0.2, 0) is 70.1 Å². The van der Waals surface area contributed by atoms with Crippen LogP contribution in [-0.4, -0.2) is 159 Å². The number of rotatable bonds is 42. The molecule has 0 aliphatic rings. The van der Waals surface area contributed by atoms with Crippen LogP contribution in [0.3, 0.4) is 0 Å². The van der Waals surface area contributed by atoms with E-state index in [0.29, 0.717) is 183 Å². The van der Waals surface area contributed by atoms with Crippen LogP contribution in [0.15, 0.2) is 109 Å². The van der Waals surface area contributed by atoms with Crippen molar-refractivity contribution in [3.05, 3.63) is 120 Å². The van der Waals surface area contributed by atoms with Crippen LogP contribution in [0.2, 0.25) is 0 Å². The van der Waals surface area contributed by atoms with Crippen molar-refractivity contribution < 1.29 is 66.3 Å². The van der Waals surface area contributed by atoms with Crippen molar-refractivity contribution >= 4 is 21.5 Å². The maximum Gasteiger partial charge on any atom is 0.161 e. The summed E-state index contributed by atoms with van der Waals surface area (Å²) in [5, 5.41) is 4.91. The summed E-state index contributed by atoms with van der Waals surface area (Å²) in [4.78, 5) is 0. The van der Waals surface area contributed by atoms with Crippen LogP contribution in [0.1, 0.15) is 11.1 Å². The fraction of sp³-hybridized carbons (Fsp3) is 0.500. The molecule has 0 heterocycles. The monoisotopic (exact) mass is 918 g/mol. The number of para-hydroxylation sites is 2. The predicted octanol–water partition coefficient (Wildman–Crippen LogP) is 7.35. The molecule has 5 rings (SSSR count). The minimum Gasteiger partial charge on any atom is -0.487 e. The molecule has 0 unspecified atom stereocenters. The van der Waals surface area contributed by atoms with Crippen molar-refractivity contribution in [2.45, 2.75) is 13.2 Å². The molecule has 66 heavy (non-hydrogen) atoms. The van der Waals surface area contributed by atoms with Crippen LogP contribution < -0.4 is 9.47 Å². The van der Waals surface area contributed by atoms with E-state index in [1.54, 1.807) is 0 Å². The summed E-state index contributed by atoms with van der Waals surface area (Å²) < 4.78 is 79.1. The van der Waals surface area contributed by atoms with E-state index >= 15 is 0 Å². The van der Waals surface area contributed by atoms with Gasteiger partial charge in [-0.2, -0.15) is 0 Å². The zero-order valence-electron chi connectivity index (χ0n) is 38.5. The van der Waals surface area contributed by atoms with Gasteiger partial charge in [-0.05, 0) is 56.9 Å². The minimum atomic E-state index is 0.388. The normalized spacial score (nSPS) is 11.5. The maximum absolute atomic E-state index is 5.88. The molecular formula is C52H70O14. The van der Waals surface area contributed by atoms with Crippen molar-refractivity contribution in [2.75, 3.05) is 159 Å². The number of benzene rings is 5. The van der Waals surface area contributed by atoms with Crippen LogP contribution in [0.5, 0.6) is 11.5 Å². The second-order valence-electron chi connectivity index (χ2n) is 14.7. The maximum atomic E-state index is 5.88. The van der Waals surface area contributed by atoms with Gasteiger partial charge in [-0.15, -0.1) is 0 Å². The van der Waals surface area contributed by atoms with E-state index in [-0.39, 0.29) is 0 Å². The molecular weight excluding hydrogens is 849 g/mol. The van der Waals surface area contributed by atoms with Gasteiger partial charge in [-0.25, -0.2) is 0 Å². The van der Waals surface area contributed by atoms with Gasteiger partial charge in [0.25, 0.3) is 0 Å². The van der Waals surface area contributed by atoms with Crippen molar-refractivity contribution in [3.63, 3.8) is 0 Å². The summed E-state index contributed by atoms with van der Waals surface area (Å²) in [6.07, 6.45) is 0. The molecule has 0 bridgehead atoms. The topological polar surface area (TPSA) is 129 Å². The highest BCUT2D eigenvalue weighted by atomic mass is 16.6. The Balaban J connectivity index is 0.697. The first kappa shape index (κ1) is 52.7. The molecule has 362 valence electrons. The summed E-state index contributed by atoms with van der Waals surface area (Å²) in [7, 11) is 0. The Morgan fingerprint density at radius 1 is 0.212 bits per heavy atom. The molecule has 14 heteroatoms. The first-order chi connectivity index (χ1) is 32.8. The SMILES string of the molecule is c1ccc(OCCOCCOCCOCCOCCOCCOCc2ccc3ccccc3c2)c(OCCOCCOCCOCCOCCOCCOCc2ccc3ccccc3c2)c1. The second-order valence-corrected chi connectivity index (χ2v) is 14.7. The molecule has 0 aromatic heterocycles. The van der Waals surface area contributed by atoms with E-state index < -0.39 is 0 Å². The van der Waals surface area contributed by atoms with Crippen LogP contribution in [0.25, 0.3) is 21.5 Å². The van der Waals surface area contributed by atoms with Crippen molar-refractivity contribution in [1.29, 1.82) is 0 Å². The highest BCUT2D eigenvalue weighted by Crippen LogP contribution is 2.26. The van der Waals surface area contributed by atoms with Crippen molar-refractivity contribution in [1.82, 2.24) is 0 Å². The van der Waals surface area contributed by atoms with Gasteiger partial charge in [0, 0.05) is 0 Å². The van der Waals surface area contributed by atoms with Gasteiger partial charge < -0.3 is 66.3 Å². The molecule has 0 radical (unpaired) electrons. The van der Waals surface area contributed by atoms with Gasteiger partial charge in [0.1, 0.15) is 13.2 Å². The number of ether oxygens (including phenoxy) is 14. The lowest BCUT2D eigenvalue weighted by Gasteiger charge is -2.13. The molecule has 5 aromatic rings. The highest BCUT2D eigenvalue weighted by Gasteiger charge is 2.05. The summed E-state index contributed by atoms with van der Waals surface area (Å²) in [5.41, 5.74) is 2.31. The first-order valence-corrected chi connectivity index (χ1v) is 23.1. The number of hydrogen-bond donors (Lipinski definition) is 0. The third-order valence-corrected chi connectivity index (χ3v) is 9.70. The highest BCUT2D eigenvalue weighted by molar-refractivity contribution is 5.83.